The zero-order valence-electron chi connectivity index (χ0n) is 8.23. The highest BCUT2D eigenvalue weighted by Crippen LogP contribution is 2.32. The molecule has 0 bridgehead atoms. The highest BCUT2D eigenvalue weighted by Gasteiger charge is 2.23. The highest BCUT2D eigenvalue weighted by atomic mass is 16.3. The summed E-state index contributed by atoms with van der Waals surface area (Å²) in [7, 11) is 0. The number of aromatic nitrogens is 2. The number of aromatic hydroxyl groups is 1. The monoisotopic (exact) mass is 204 g/mol. The molecule has 1 aliphatic carbocycles. The molecular weight excluding hydrogens is 192 g/mol. The third-order valence-corrected chi connectivity index (χ3v) is 3.14. The van der Waals surface area contributed by atoms with E-state index in [9.17, 15) is 9.90 Å². The van der Waals surface area contributed by atoms with Crippen LogP contribution < -0.4 is 5.69 Å². The Balaban J connectivity index is 2.27. The zero-order valence-corrected chi connectivity index (χ0v) is 8.23. The average Bonchev–Trinajstić information content (AvgIpc) is 2.40. The minimum absolute atomic E-state index is 0.0692. The molecular formula is C11H12N2O2. The fourth-order valence-corrected chi connectivity index (χ4v) is 2.13. The lowest BCUT2D eigenvalue weighted by Crippen LogP contribution is -2.26. The van der Waals surface area contributed by atoms with Crippen molar-refractivity contribution in [3.05, 3.63) is 28.7 Å². The molecule has 0 amide bonds. The van der Waals surface area contributed by atoms with Crippen LogP contribution in [0.15, 0.2) is 23.0 Å². The third kappa shape index (κ3) is 1.17. The van der Waals surface area contributed by atoms with Crippen LogP contribution >= 0.6 is 0 Å². The van der Waals surface area contributed by atoms with Crippen molar-refractivity contribution in [3.63, 3.8) is 0 Å². The first-order valence-corrected chi connectivity index (χ1v) is 5.19. The van der Waals surface area contributed by atoms with Gasteiger partial charge in [0.05, 0.1) is 11.0 Å². The van der Waals surface area contributed by atoms with E-state index in [0.717, 1.165) is 18.4 Å². The molecule has 0 unspecified atom stereocenters. The number of phenolic OH excluding ortho intramolecular Hbond substituents is 1. The molecule has 0 spiro atoms. The van der Waals surface area contributed by atoms with Crippen LogP contribution in [-0.4, -0.2) is 14.7 Å². The van der Waals surface area contributed by atoms with Crippen molar-refractivity contribution in [2.75, 3.05) is 0 Å². The fourth-order valence-electron chi connectivity index (χ4n) is 2.13. The van der Waals surface area contributed by atoms with E-state index in [-0.39, 0.29) is 11.4 Å². The number of fused-ring (bicyclic) bond motifs is 1. The SMILES string of the molecule is O=c1[nH]c2cc(O)ccc2n1C1CCC1. The Morgan fingerprint density at radius 2 is 2.20 bits per heavy atom. The second-order valence-electron chi connectivity index (χ2n) is 4.09. The summed E-state index contributed by atoms with van der Waals surface area (Å²) in [5.41, 5.74) is 1.54. The molecule has 1 saturated carbocycles. The number of hydrogen-bond acceptors (Lipinski definition) is 2. The number of H-pyrrole nitrogens is 1. The molecule has 0 saturated heterocycles. The van der Waals surface area contributed by atoms with E-state index in [1.165, 1.54) is 6.42 Å². The quantitative estimate of drug-likeness (QED) is 0.743. The van der Waals surface area contributed by atoms with Gasteiger partial charge < -0.3 is 10.1 Å². The maximum absolute atomic E-state index is 11.7. The maximum atomic E-state index is 11.7. The van der Waals surface area contributed by atoms with Gasteiger partial charge >= 0.3 is 5.69 Å². The van der Waals surface area contributed by atoms with Crippen LogP contribution in [-0.2, 0) is 0 Å². The summed E-state index contributed by atoms with van der Waals surface area (Å²) in [6, 6.07) is 5.34. The van der Waals surface area contributed by atoms with Crippen LogP contribution in [0.25, 0.3) is 11.0 Å². The molecule has 3 rings (SSSR count). The van der Waals surface area contributed by atoms with Gasteiger partial charge in [0.15, 0.2) is 0 Å². The number of aromatic amines is 1. The number of phenols is 1. The Kier molecular flexibility index (Phi) is 1.65. The number of hydrogen-bond donors (Lipinski definition) is 2. The molecule has 2 N–H and O–H groups in total. The van der Waals surface area contributed by atoms with Gasteiger partial charge in [0.2, 0.25) is 0 Å². The molecule has 1 heterocycles. The molecule has 4 nitrogen and oxygen atoms in total. The van der Waals surface area contributed by atoms with Crippen molar-refractivity contribution in [2.45, 2.75) is 25.3 Å². The van der Waals surface area contributed by atoms with E-state index in [1.807, 2.05) is 0 Å². The number of nitrogens with zero attached hydrogens (tertiary/aromatic N) is 1. The lowest BCUT2D eigenvalue weighted by atomic mass is 9.93. The molecule has 1 fully saturated rings. The Morgan fingerprint density at radius 1 is 1.40 bits per heavy atom. The van der Waals surface area contributed by atoms with Crippen LogP contribution in [0.3, 0.4) is 0 Å². The molecule has 4 heteroatoms. The largest absolute Gasteiger partial charge is 0.508 e. The maximum Gasteiger partial charge on any atom is 0.326 e. The first-order chi connectivity index (χ1) is 7.25. The standard InChI is InChI=1S/C11H12N2O2/c14-8-4-5-10-9(6-8)12-11(15)13(10)7-2-1-3-7/h4-7,14H,1-3H2,(H,12,15). The summed E-state index contributed by atoms with van der Waals surface area (Å²) >= 11 is 0. The predicted molar refractivity (Wildman–Crippen MR) is 57.1 cm³/mol. The summed E-state index contributed by atoms with van der Waals surface area (Å²) in [6.45, 7) is 0. The number of benzene rings is 1. The fraction of sp³-hybridized carbons (Fsp3) is 0.364. The topological polar surface area (TPSA) is 58.0 Å². The average molecular weight is 204 g/mol. The second-order valence-corrected chi connectivity index (χ2v) is 4.09. The predicted octanol–water partition coefficient (Wildman–Crippen LogP) is 1.76. The first-order valence-electron chi connectivity index (χ1n) is 5.19. The van der Waals surface area contributed by atoms with Gasteiger partial charge in [-0.2, -0.15) is 0 Å². The summed E-state index contributed by atoms with van der Waals surface area (Å²) in [4.78, 5) is 14.5. The van der Waals surface area contributed by atoms with E-state index in [1.54, 1.807) is 22.8 Å². The molecule has 0 radical (unpaired) electrons. The van der Waals surface area contributed by atoms with Gasteiger partial charge in [0.1, 0.15) is 5.75 Å². The van der Waals surface area contributed by atoms with Crippen LogP contribution in [0, 0.1) is 0 Å². The molecule has 0 aliphatic heterocycles. The molecule has 1 aromatic carbocycles. The smallest absolute Gasteiger partial charge is 0.326 e. The second kappa shape index (κ2) is 2.89. The number of nitrogens with one attached hydrogen (secondary N) is 1. The van der Waals surface area contributed by atoms with E-state index in [4.69, 9.17) is 0 Å². The normalized spacial score (nSPS) is 16.8. The summed E-state index contributed by atoms with van der Waals surface area (Å²) in [5, 5.41) is 9.31. The molecule has 0 atom stereocenters. The third-order valence-electron chi connectivity index (χ3n) is 3.14. The molecule has 1 aromatic heterocycles. The van der Waals surface area contributed by atoms with Gasteiger partial charge in [-0.1, -0.05) is 0 Å². The van der Waals surface area contributed by atoms with Gasteiger partial charge in [-0.15, -0.1) is 0 Å². The number of rotatable bonds is 1. The summed E-state index contributed by atoms with van der Waals surface area (Å²) < 4.78 is 1.80. The van der Waals surface area contributed by atoms with Crippen molar-refractivity contribution in [2.24, 2.45) is 0 Å². The van der Waals surface area contributed by atoms with Crippen molar-refractivity contribution < 1.29 is 5.11 Å². The van der Waals surface area contributed by atoms with Crippen LogP contribution in [0.1, 0.15) is 25.3 Å². The van der Waals surface area contributed by atoms with Crippen molar-refractivity contribution >= 4 is 11.0 Å². The summed E-state index contributed by atoms with van der Waals surface area (Å²) in [6.07, 6.45) is 3.35. The first kappa shape index (κ1) is 8.59. The zero-order chi connectivity index (χ0) is 10.4. The Morgan fingerprint density at radius 3 is 2.87 bits per heavy atom. The van der Waals surface area contributed by atoms with Crippen LogP contribution in [0.5, 0.6) is 5.75 Å². The Hall–Kier alpha value is -1.71. The Labute approximate surface area is 86.2 Å². The van der Waals surface area contributed by atoms with Gasteiger partial charge in [-0.25, -0.2) is 4.79 Å². The molecule has 15 heavy (non-hydrogen) atoms. The molecule has 78 valence electrons. The van der Waals surface area contributed by atoms with Crippen LogP contribution in [0.2, 0.25) is 0 Å². The minimum atomic E-state index is -0.0692. The van der Waals surface area contributed by atoms with Crippen molar-refractivity contribution in [3.8, 4) is 5.75 Å². The van der Waals surface area contributed by atoms with E-state index in [2.05, 4.69) is 4.98 Å². The van der Waals surface area contributed by atoms with Gasteiger partial charge in [0, 0.05) is 12.1 Å². The van der Waals surface area contributed by atoms with Gasteiger partial charge in [-0.05, 0) is 31.4 Å². The molecule has 2 aromatic rings. The summed E-state index contributed by atoms with van der Waals surface area (Å²) in [5.74, 6) is 0.185. The minimum Gasteiger partial charge on any atom is -0.508 e. The number of imidazole rings is 1. The van der Waals surface area contributed by atoms with Gasteiger partial charge in [0.25, 0.3) is 0 Å². The molecule has 1 aliphatic rings. The van der Waals surface area contributed by atoms with E-state index in [0.29, 0.717) is 11.6 Å². The highest BCUT2D eigenvalue weighted by molar-refractivity contribution is 5.77. The lowest BCUT2D eigenvalue weighted by Gasteiger charge is -2.26. The van der Waals surface area contributed by atoms with E-state index < -0.39 is 0 Å². The Bertz CT molecular complexity index is 563. The van der Waals surface area contributed by atoms with Crippen LogP contribution in [0.4, 0.5) is 0 Å². The van der Waals surface area contributed by atoms with Crippen molar-refractivity contribution in [1.29, 1.82) is 0 Å². The van der Waals surface area contributed by atoms with E-state index >= 15 is 0 Å². The lowest BCUT2D eigenvalue weighted by molar-refractivity contribution is 0.314. The van der Waals surface area contributed by atoms with Gasteiger partial charge in [-0.3, -0.25) is 4.57 Å². The van der Waals surface area contributed by atoms with Crippen molar-refractivity contribution in [1.82, 2.24) is 9.55 Å².